The topological polar surface area (TPSA) is 65.8 Å². The van der Waals surface area contributed by atoms with Crippen molar-refractivity contribution in [3.05, 3.63) is 75.7 Å². The van der Waals surface area contributed by atoms with E-state index < -0.39 is 23.6 Å². The first-order valence-corrected chi connectivity index (χ1v) is 9.82. The summed E-state index contributed by atoms with van der Waals surface area (Å²) < 4.78 is 28.0. The largest absolute Gasteiger partial charge is 0.478 e. The van der Waals surface area contributed by atoms with Crippen molar-refractivity contribution in [3.8, 4) is 0 Å². The molecule has 0 radical (unpaired) electrons. The summed E-state index contributed by atoms with van der Waals surface area (Å²) in [6.45, 7) is 2.07. The fourth-order valence-corrected chi connectivity index (χ4v) is 3.85. The van der Waals surface area contributed by atoms with Crippen molar-refractivity contribution in [1.29, 1.82) is 0 Å². The molecule has 1 unspecified atom stereocenters. The molecule has 5 nitrogen and oxygen atoms in total. The normalized spacial score (nSPS) is 17.0. The van der Waals surface area contributed by atoms with E-state index in [2.05, 4.69) is 25.9 Å². The van der Waals surface area contributed by atoms with Gasteiger partial charge in [-0.05, 0) is 36.8 Å². The number of likely N-dealkylation sites (N-methyl/N-ethyl adjacent to an activating group) is 1. The van der Waals surface area contributed by atoms with Gasteiger partial charge in [-0.15, -0.1) is 0 Å². The van der Waals surface area contributed by atoms with Crippen molar-refractivity contribution in [2.75, 3.05) is 11.9 Å². The summed E-state index contributed by atoms with van der Waals surface area (Å²) in [6.07, 6.45) is 1.43. The molecule has 1 aromatic heterocycles. The van der Waals surface area contributed by atoms with E-state index in [4.69, 9.17) is 11.6 Å². The number of alkyl halides is 1. The van der Waals surface area contributed by atoms with Gasteiger partial charge in [-0.2, -0.15) is 0 Å². The summed E-state index contributed by atoms with van der Waals surface area (Å²) >= 11 is 9.50. The van der Waals surface area contributed by atoms with Crippen LogP contribution in [0.1, 0.15) is 24.2 Å². The Kier molecular flexibility index (Phi) is 6.10. The number of aliphatic carboxylic acids is 1. The number of rotatable bonds is 5. The Balaban J connectivity index is 2.30. The van der Waals surface area contributed by atoms with Gasteiger partial charge >= 0.3 is 5.97 Å². The van der Waals surface area contributed by atoms with Gasteiger partial charge in [0.15, 0.2) is 11.7 Å². The number of aliphatic imine (C=N–C) groups is 1. The maximum atomic E-state index is 14.4. The Morgan fingerprint density at radius 3 is 2.68 bits per heavy atom. The Bertz CT molecular complexity index is 997. The third-order valence-electron chi connectivity index (χ3n) is 4.33. The summed E-state index contributed by atoms with van der Waals surface area (Å²) in [4.78, 5) is 22.1. The van der Waals surface area contributed by atoms with Gasteiger partial charge in [-0.25, -0.2) is 23.6 Å². The highest BCUT2D eigenvalue weighted by molar-refractivity contribution is 9.09. The molecule has 0 amide bonds. The number of benzene rings is 1. The standard InChI is InChI=1S/C19H15BrClF2N3O2/c1-2-26-17(11-6-5-10(22)8-12(11)21)15(19(27)28)14(9-20)25-18(26)16-13(23)4-3-7-24-16/h3-8,17H,2,9H2,1H3,(H,27,28). The predicted octanol–water partition coefficient (Wildman–Crippen LogP) is 4.57. The first kappa shape index (κ1) is 20.4. The van der Waals surface area contributed by atoms with Gasteiger partial charge in [0.25, 0.3) is 0 Å². The summed E-state index contributed by atoms with van der Waals surface area (Å²) in [7, 11) is 0. The van der Waals surface area contributed by atoms with Gasteiger partial charge in [0, 0.05) is 23.1 Å². The molecule has 2 aromatic rings. The number of hydrogen-bond donors (Lipinski definition) is 1. The molecule has 28 heavy (non-hydrogen) atoms. The van der Waals surface area contributed by atoms with Crippen LogP contribution in [0.25, 0.3) is 0 Å². The van der Waals surface area contributed by atoms with Gasteiger partial charge in [0.1, 0.15) is 11.5 Å². The third-order valence-corrected chi connectivity index (χ3v) is 5.19. The highest BCUT2D eigenvalue weighted by Crippen LogP contribution is 2.39. The van der Waals surface area contributed by atoms with Crippen molar-refractivity contribution in [2.24, 2.45) is 4.99 Å². The van der Waals surface area contributed by atoms with E-state index in [9.17, 15) is 18.7 Å². The van der Waals surface area contributed by atoms with Crippen molar-refractivity contribution >= 4 is 39.3 Å². The molecule has 0 aliphatic carbocycles. The molecule has 0 bridgehead atoms. The summed E-state index contributed by atoms with van der Waals surface area (Å²) in [6, 6.07) is 5.56. The average molecular weight is 471 g/mol. The van der Waals surface area contributed by atoms with E-state index in [1.807, 2.05) is 0 Å². The second-order valence-electron chi connectivity index (χ2n) is 5.92. The smallest absolute Gasteiger partial charge is 0.335 e. The molecule has 0 saturated carbocycles. The SMILES string of the molecule is CCN1C(c2ncccc2F)=NC(CBr)=C(C(=O)O)C1c1ccc(F)cc1Cl. The lowest BCUT2D eigenvalue weighted by Crippen LogP contribution is -2.42. The van der Waals surface area contributed by atoms with Crippen LogP contribution < -0.4 is 0 Å². The molecule has 1 N–H and O–H groups in total. The molecule has 1 aromatic carbocycles. The first-order valence-electron chi connectivity index (χ1n) is 8.32. The fourth-order valence-electron chi connectivity index (χ4n) is 3.15. The lowest BCUT2D eigenvalue weighted by atomic mass is 9.93. The van der Waals surface area contributed by atoms with Crippen LogP contribution in [-0.2, 0) is 4.79 Å². The number of carboxylic acids is 1. The number of pyridine rings is 1. The molecule has 0 saturated heterocycles. The van der Waals surface area contributed by atoms with Crippen LogP contribution in [0, 0.1) is 11.6 Å². The number of nitrogens with zero attached hydrogens (tertiary/aromatic N) is 3. The number of aromatic nitrogens is 1. The van der Waals surface area contributed by atoms with Crippen LogP contribution in [0.15, 0.2) is 52.8 Å². The van der Waals surface area contributed by atoms with Gasteiger partial charge in [0.05, 0.1) is 17.3 Å². The van der Waals surface area contributed by atoms with E-state index >= 15 is 0 Å². The minimum absolute atomic E-state index is 0.00419. The average Bonchev–Trinajstić information content (AvgIpc) is 2.66. The van der Waals surface area contributed by atoms with Crippen LogP contribution in [0.4, 0.5) is 8.78 Å². The number of amidine groups is 1. The molecule has 1 atom stereocenters. The van der Waals surface area contributed by atoms with Crippen molar-refractivity contribution in [3.63, 3.8) is 0 Å². The number of carbonyl (C=O) groups is 1. The van der Waals surface area contributed by atoms with E-state index in [1.54, 1.807) is 11.8 Å². The maximum absolute atomic E-state index is 14.4. The van der Waals surface area contributed by atoms with Crippen LogP contribution in [-0.4, -0.2) is 38.7 Å². The Morgan fingerprint density at radius 1 is 1.36 bits per heavy atom. The molecular formula is C19H15BrClF2N3O2. The molecule has 3 rings (SSSR count). The predicted molar refractivity (Wildman–Crippen MR) is 106 cm³/mol. The van der Waals surface area contributed by atoms with Gasteiger partial charge in [-0.3, -0.25) is 0 Å². The second-order valence-corrected chi connectivity index (χ2v) is 6.89. The van der Waals surface area contributed by atoms with Crippen LogP contribution in [0.5, 0.6) is 0 Å². The van der Waals surface area contributed by atoms with E-state index in [-0.39, 0.29) is 33.2 Å². The molecule has 146 valence electrons. The van der Waals surface area contributed by atoms with Crippen molar-refractivity contribution in [2.45, 2.75) is 13.0 Å². The highest BCUT2D eigenvalue weighted by Gasteiger charge is 2.38. The van der Waals surface area contributed by atoms with Gasteiger partial charge in [-0.1, -0.05) is 33.6 Å². The van der Waals surface area contributed by atoms with Crippen LogP contribution >= 0.6 is 27.5 Å². The zero-order chi connectivity index (χ0) is 20.4. The molecule has 1 aliphatic heterocycles. The van der Waals surface area contributed by atoms with Crippen molar-refractivity contribution < 1.29 is 18.7 Å². The lowest BCUT2D eigenvalue weighted by Gasteiger charge is -2.38. The monoisotopic (exact) mass is 469 g/mol. The minimum Gasteiger partial charge on any atom is -0.478 e. The highest BCUT2D eigenvalue weighted by atomic mass is 79.9. The quantitative estimate of drug-likeness (QED) is 0.650. The first-order chi connectivity index (χ1) is 13.4. The molecule has 0 fully saturated rings. The number of halogens is 4. The van der Waals surface area contributed by atoms with E-state index in [0.29, 0.717) is 12.1 Å². The molecular weight excluding hydrogens is 456 g/mol. The summed E-state index contributed by atoms with van der Waals surface area (Å²) in [5, 5.41) is 10.1. The Morgan fingerprint density at radius 2 is 2.11 bits per heavy atom. The zero-order valence-corrected chi connectivity index (χ0v) is 17.0. The summed E-state index contributed by atoms with van der Waals surface area (Å²) in [5.74, 6) is -2.14. The van der Waals surface area contributed by atoms with Gasteiger partial charge in [0.2, 0.25) is 0 Å². The maximum Gasteiger partial charge on any atom is 0.335 e. The Labute approximate surface area is 173 Å². The van der Waals surface area contributed by atoms with Crippen LogP contribution in [0.3, 0.4) is 0 Å². The fraction of sp³-hybridized carbons (Fsp3) is 0.211. The number of carboxylic acid groups (broad SMARTS) is 1. The Hall–Kier alpha value is -2.32. The van der Waals surface area contributed by atoms with E-state index in [1.165, 1.54) is 30.5 Å². The van der Waals surface area contributed by atoms with Crippen molar-refractivity contribution in [1.82, 2.24) is 9.88 Å². The molecule has 1 aliphatic rings. The minimum atomic E-state index is -1.19. The molecule has 9 heteroatoms. The van der Waals surface area contributed by atoms with E-state index in [0.717, 1.165) is 6.07 Å². The van der Waals surface area contributed by atoms with Crippen LogP contribution in [0.2, 0.25) is 5.02 Å². The number of allylic oxidation sites excluding steroid dienone is 1. The number of hydrogen-bond acceptors (Lipinski definition) is 4. The second kappa shape index (κ2) is 8.36. The molecule has 2 heterocycles. The third kappa shape index (κ3) is 3.66. The molecule has 0 spiro atoms. The lowest BCUT2D eigenvalue weighted by molar-refractivity contribution is -0.133. The van der Waals surface area contributed by atoms with Gasteiger partial charge < -0.3 is 10.0 Å². The zero-order valence-electron chi connectivity index (χ0n) is 14.7. The summed E-state index contributed by atoms with van der Waals surface area (Å²) in [5.41, 5.74) is 0.565.